The van der Waals surface area contributed by atoms with Crippen molar-refractivity contribution in [2.45, 2.75) is 19.4 Å². The summed E-state index contributed by atoms with van der Waals surface area (Å²) in [6.45, 7) is 1.45. The SMILES string of the molecule is C[C@H](NC(=O)[C@@H](CS)Cc1ccc(-c2ccccc2)cc1)C(=O)O. The van der Waals surface area contributed by atoms with Gasteiger partial charge in [-0.15, -0.1) is 0 Å². The molecule has 0 saturated heterocycles. The van der Waals surface area contributed by atoms with Gasteiger partial charge in [0.05, 0.1) is 5.92 Å². The summed E-state index contributed by atoms with van der Waals surface area (Å²) >= 11 is 4.23. The van der Waals surface area contributed by atoms with Crippen molar-refractivity contribution in [1.29, 1.82) is 0 Å². The Bertz CT molecular complexity index is 686. The molecule has 0 aromatic heterocycles. The predicted octanol–water partition coefficient (Wildman–Crippen LogP) is 3.03. The minimum atomic E-state index is -1.05. The number of carbonyl (C=O) groups is 2. The summed E-state index contributed by atoms with van der Waals surface area (Å²) in [7, 11) is 0. The number of nitrogens with one attached hydrogen (secondary N) is 1. The first kappa shape index (κ1) is 18.1. The van der Waals surface area contributed by atoms with Gasteiger partial charge in [-0.3, -0.25) is 9.59 Å². The van der Waals surface area contributed by atoms with Crippen LogP contribution in [0.25, 0.3) is 11.1 Å². The van der Waals surface area contributed by atoms with E-state index < -0.39 is 12.0 Å². The number of benzene rings is 2. The zero-order chi connectivity index (χ0) is 17.5. The second-order valence-electron chi connectivity index (χ2n) is 5.72. The standard InChI is InChI=1S/C19H21NO3S/c1-13(19(22)23)20-18(21)17(12-24)11-14-7-9-16(10-8-14)15-5-3-2-4-6-15/h2-10,13,17,24H,11-12H2,1H3,(H,20,21)(H,22,23)/t13-,17+/m0/s1. The van der Waals surface area contributed by atoms with Gasteiger partial charge in [-0.25, -0.2) is 0 Å². The summed E-state index contributed by atoms with van der Waals surface area (Å²) in [5, 5.41) is 11.4. The Morgan fingerprint density at radius 1 is 1.04 bits per heavy atom. The number of hydrogen-bond acceptors (Lipinski definition) is 3. The zero-order valence-corrected chi connectivity index (χ0v) is 14.4. The number of aliphatic carboxylic acids is 1. The number of hydrogen-bond donors (Lipinski definition) is 3. The Kier molecular flexibility index (Phi) is 6.44. The van der Waals surface area contributed by atoms with E-state index in [2.05, 4.69) is 17.9 Å². The van der Waals surface area contributed by atoms with Crippen LogP contribution < -0.4 is 5.32 Å². The fourth-order valence-electron chi connectivity index (χ4n) is 2.38. The fraction of sp³-hybridized carbons (Fsp3) is 0.263. The highest BCUT2D eigenvalue weighted by molar-refractivity contribution is 7.80. The zero-order valence-electron chi connectivity index (χ0n) is 13.5. The van der Waals surface area contributed by atoms with Crippen molar-refractivity contribution in [2.24, 2.45) is 5.92 Å². The smallest absolute Gasteiger partial charge is 0.325 e. The highest BCUT2D eigenvalue weighted by atomic mass is 32.1. The van der Waals surface area contributed by atoms with E-state index >= 15 is 0 Å². The molecule has 0 bridgehead atoms. The lowest BCUT2D eigenvalue weighted by Crippen LogP contribution is -2.42. The second kappa shape index (κ2) is 8.55. The van der Waals surface area contributed by atoms with Crippen LogP contribution in [-0.4, -0.2) is 28.8 Å². The number of carboxylic acid groups (broad SMARTS) is 1. The van der Waals surface area contributed by atoms with E-state index in [9.17, 15) is 9.59 Å². The van der Waals surface area contributed by atoms with E-state index in [1.807, 2.05) is 54.6 Å². The summed E-state index contributed by atoms with van der Waals surface area (Å²) in [5.74, 6) is -1.34. The average molecular weight is 343 g/mol. The van der Waals surface area contributed by atoms with Gasteiger partial charge >= 0.3 is 5.97 Å². The largest absolute Gasteiger partial charge is 0.480 e. The molecule has 0 aliphatic carbocycles. The average Bonchev–Trinajstić information content (AvgIpc) is 2.60. The van der Waals surface area contributed by atoms with Gasteiger partial charge in [0.2, 0.25) is 5.91 Å². The first-order valence-corrected chi connectivity index (χ1v) is 8.43. The Morgan fingerprint density at radius 3 is 2.17 bits per heavy atom. The third-order valence-electron chi connectivity index (χ3n) is 3.86. The Hall–Kier alpha value is -2.27. The molecule has 1 amide bonds. The van der Waals surface area contributed by atoms with E-state index in [0.29, 0.717) is 12.2 Å². The number of carbonyl (C=O) groups excluding carboxylic acids is 1. The van der Waals surface area contributed by atoms with Crippen LogP contribution in [0.4, 0.5) is 0 Å². The van der Waals surface area contributed by atoms with Crippen molar-refractivity contribution >= 4 is 24.5 Å². The van der Waals surface area contributed by atoms with E-state index in [1.165, 1.54) is 6.92 Å². The minimum absolute atomic E-state index is 0.285. The van der Waals surface area contributed by atoms with Gasteiger partial charge in [0.15, 0.2) is 0 Å². The molecule has 4 nitrogen and oxygen atoms in total. The lowest BCUT2D eigenvalue weighted by Gasteiger charge is -2.17. The number of rotatable bonds is 7. The quantitative estimate of drug-likeness (QED) is 0.677. The normalized spacial score (nSPS) is 13.1. The molecule has 0 fully saturated rings. The topological polar surface area (TPSA) is 66.4 Å². The van der Waals surface area contributed by atoms with Gasteiger partial charge in [-0.1, -0.05) is 54.6 Å². The molecule has 0 heterocycles. The number of thiol groups is 1. The van der Waals surface area contributed by atoms with Crippen LogP contribution in [0.1, 0.15) is 12.5 Å². The molecule has 5 heteroatoms. The van der Waals surface area contributed by atoms with Gasteiger partial charge in [0, 0.05) is 5.75 Å². The maximum absolute atomic E-state index is 12.2. The molecule has 2 N–H and O–H groups in total. The van der Waals surface area contributed by atoms with Crippen LogP contribution >= 0.6 is 12.6 Å². The molecule has 2 aromatic carbocycles. The molecule has 0 saturated carbocycles. The highest BCUT2D eigenvalue weighted by Gasteiger charge is 2.21. The molecular formula is C19H21NO3S. The van der Waals surface area contributed by atoms with Gasteiger partial charge in [-0.05, 0) is 30.0 Å². The monoisotopic (exact) mass is 343 g/mol. The van der Waals surface area contributed by atoms with Gasteiger partial charge in [0.1, 0.15) is 6.04 Å². The van der Waals surface area contributed by atoms with Crippen molar-refractivity contribution in [1.82, 2.24) is 5.32 Å². The molecule has 0 unspecified atom stereocenters. The molecular weight excluding hydrogens is 322 g/mol. The van der Waals surface area contributed by atoms with Crippen molar-refractivity contribution in [3.8, 4) is 11.1 Å². The van der Waals surface area contributed by atoms with E-state index in [-0.39, 0.29) is 11.8 Å². The Labute approximate surface area is 147 Å². The first-order chi connectivity index (χ1) is 11.5. The van der Waals surface area contributed by atoms with Crippen molar-refractivity contribution < 1.29 is 14.7 Å². The number of carboxylic acids is 1. The molecule has 2 atom stereocenters. The molecule has 0 aliphatic rings. The van der Waals surface area contributed by atoms with Crippen molar-refractivity contribution in [3.05, 3.63) is 60.2 Å². The number of amides is 1. The van der Waals surface area contributed by atoms with Gasteiger partial charge in [-0.2, -0.15) is 12.6 Å². The van der Waals surface area contributed by atoms with Crippen LogP contribution in [0.15, 0.2) is 54.6 Å². The Balaban J connectivity index is 2.03. The third-order valence-corrected chi connectivity index (χ3v) is 4.30. The van der Waals surface area contributed by atoms with Gasteiger partial charge in [0.25, 0.3) is 0 Å². The van der Waals surface area contributed by atoms with Crippen molar-refractivity contribution in [2.75, 3.05) is 5.75 Å². The molecule has 0 aliphatic heterocycles. The van der Waals surface area contributed by atoms with Crippen LogP contribution in [0.5, 0.6) is 0 Å². The second-order valence-corrected chi connectivity index (χ2v) is 6.08. The van der Waals surface area contributed by atoms with E-state index in [0.717, 1.165) is 16.7 Å². The lowest BCUT2D eigenvalue weighted by molar-refractivity contribution is -0.141. The van der Waals surface area contributed by atoms with Crippen LogP contribution in [0.2, 0.25) is 0 Å². The van der Waals surface area contributed by atoms with Crippen molar-refractivity contribution in [3.63, 3.8) is 0 Å². The first-order valence-electron chi connectivity index (χ1n) is 7.79. The highest BCUT2D eigenvalue weighted by Crippen LogP contribution is 2.20. The van der Waals surface area contributed by atoms with Crippen LogP contribution in [-0.2, 0) is 16.0 Å². The van der Waals surface area contributed by atoms with E-state index in [1.54, 1.807) is 0 Å². The third kappa shape index (κ3) is 4.86. The Morgan fingerprint density at radius 2 is 1.62 bits per heavy atom. The summed E-state index contributed by atoms with van der Waals surface area (Å²) < 4.78 is 0. The van der Waals surface area contributed by atoms with Crippen LogP contribution in [0, 0.1) is 5.92 Å². The van der Waals surface area contributed by atoms with E-state index in [4.69, 9.17) is 5.11 Å². The minimum Gasteiger partial charge on any atom is -0.480 e. The molecule has 126 valence electrons. The molecule has 0 radical (unpaired) electrons. The van der Waals surface area contributed by atoms with Crippen LogP contribution in [0.3, 0.4) is 0 Å². The lowest BCUT2D eigenvalue weighted by atomic mass is 9.97. The molecule has 2 rings (SSSR count). The fourth-order valence-corrected chi connectivity index (χ4v) is 2.68. The predicted molar refractivity (Wildman–Crippen MR) is 98.2 cm³/mol. The summed E-state index contributed by atoms with van der Waals surface area (Å²) in [6.07, 6.45) is 0.525. The van der Waals surface area contributed by atoms with Gasteiger partial charge < -0.3 is 10.4 Å². The summed E-state index contributed by atoms with van der Waals surface area (Å²) in [4.78, 5) is 23.0. The summed E-state index contributed by atoms with van der Waals surface area (Å²) in [6, 6.07) is 17.2. The maximum atomic E-state index is 12.2. The molecule has 0 spiro atoms. The molecule has 24 heavy (non-hydrogen) atoms. The summed E-state index contributed by atoms with van der Waals surface area (Å²) in [5.41, 5.74) is 3.28. The maximum Gasteiger partial charge on any atom is 0.325 e. The molecule has 2 aromatic rings.